The molecule has 228 valence electrons. The Bertz CT molecular complexity index is 2410. The molecule has 0 aliphatic carbocycles. The van der Waals surface area contributed by atoms with Crippen molar-refractivity contribution in [2.45, 2.75) is 34.6 Å². The Morgan fingerprint density at radius 1 is 0.468 bits per heavy atom. The van der Waals surface area contributed by atoms with E-state index in [1.807, 2.05) is 6.20 Å². The van der Waals surface area contributed by atoms with Crippen molar-refractivity contribution in [3.8, 4) is 45.0 Å². The van der Waals surface area contributed by atoms with Crippen LogP contribution in [0.25, 0.3) is 66.8 Å². The van der Waals surface area contributed by atoms with Crippen molar-refractivity contribution in [1.29, 1.82) is 0 Å². The lowest BCUT2D eigenvalue weighted by Gasteiger charge is -2.18. The van der Waals surface area contributed by atoms with Gasteiger partial charge in [-0.25, -0.2) is 4.98 Å². The standard InChI is InChI=1S/C44H37N3/c1-28-21-29(2)23-36(22-28)37-25-31(4)43(32(5)26-37)46-20-19-45-44(46)35-16-18-40(30(3)24-35)47-41-14-10-9-13-38(41)39-17-15-34(27-42(39)47)33-11-7-6-8-12-33/h6-27H,1-5H3. The van der Waals surface area contributed by atoms with Crippen LogP contribution in [-0.2, 0) is 0 Å². The molecule has 6 aromatic carbocycles. The smallest absolute Gasteiger partial charge is 0.144 e. The number of benzene rings is 6. The average molecular weight is 608 g/mol. The summed E-state index contributed by atoms with van der Waals surface area (Å²) in [5, 5.41) is 2.52. The van der Waals surface area contributed by atoms with Crippen molar-refractivity contribution in [2.24, 2.45) is 0 Å². The molecule has 0 aliphatic rings. The summed E-state index contributed by atoms with van der Waals surface area (Å²) in [4.78, 5) is 4.88. The minimum atomic E-state index is 0.943. The highest BCUT2D eigenvalue weighted by Crippen LogP contribution is 2.37. The average Bonchev–Trinajstić information content (AvgIpc) is 3.67. The first kappa shape index (κ1) is 28.8. The summed E-state index contributed by atoms with van der Waals surface area (Å²) in [6, 6.07) is 44.3. The molecule has 8 rings (SSSR count). The molecule has 0 N–H and O–H groups in total. The van der Waals surface area contributed by atoms with Crippen LogP contribution in [0.4, 0.5) is 0 Å². The monoisotopic (exact) mass is 607 g/mol. The van der Waals surface area contributed by atoms with E-state index in [2.05, 4.69) is 171 Å². The highest BCUT2D eigenvalue weighted by atomic mass is 15.1. The summed E-state index contributed by atoms with van der Waals surface area (Å²) in [5.41, 5.74) is 17.0. The zero-order valence-electron chi connectivity index (χ0n) is 27.5. The molecule has 0 bridgehead atoms. The van der Waals surface area contributed by atoms with Gasteiger partial charge in [0, 0.05) is 34.4 Å². The molecule has 2 heterocycles. The molecule has 47 heavy (non-hydrogen) atoms. The van der Waals surface area contributed by atoms with Crippen LogP contribution in [0.15, 0.2) is 134 Å². The van der Waals surface area contributed by atoms with Crippen LogP contribution in [0, 0.1) is 34.6 Å². The zero-order valence-corrected chi connectivity index (χ0v) is 27.5. The maximum atomic E-state index is 4.88. The van der Waals surface area contributed by atoms with Crippen molar-refractivity contribution in [2.75, 3.05) is 0 Å². The SMILES string of the molecule is Cc1cc(C)cc(-c2cc(C)c(-n3ccnc3-c3ccc(-n4c5ccccc5c5ccc(-c6ccccc6)cc54)c(C)c3)c(C)c2)c1. The summed E-state index contributed by atoms with van der Waals surface area (Å²) in [7, 11) is 0. The van der Waals surface area contributed by atoms with Gasteiger partial charge in [0.15, 0.2) is 0 Å². The summed E-state index contributed by atoms with van der Waals surface area (Å²) >= 11 is 0. The fourth-order valence-corrected chi connectivity index (χ4v) is 7.43. The van der Waals surface area contributed by atoms with Gasteiger partial charge in [0.25, 0.3) is 0 Å². The fraction of sp³-hybridized carbons (Fsp3) is 0.114. The van der Waals surface area contributed by atoms with E-state index in [1.165, 1.54) is 83.3 Å². The van der Waals surface area contributed by atoms with Crippen molar-refractivity contribution in [3.63, 3.8) is 0 Å². The van der Waals surface area contributed by atoms with Crippen LogP contribution in [0.3, 0.4) is 0 Å². The second kappa shape index (κ2) is 11.3. The molecule has 8 aromatic rings. The van der Waals surface area contributed by atoms with Gasteiger partial charge in [0.1, 0.15) is 5.82 Å². The highest BCUT2D eigenvalue weighted by molar-refractivity contribution is 6.10. The van der Waals surface area contributed by atoms with Gasteiger partial charge < -0.3 is 4.57 Å². The number of aryl methyl sites for hydroxylation is 5. The Balaban J connectivity index is 1.23. The van der Waals surface area contributed by atoms with Crippen LogP contribution in [0.1, 0.15) is 27.8 Å². The molecule has 0 saturated carbocycles. The van der Waals surface area contributed by atoms with E-state index < -0.39 is 0 Å². The molecule has 0 radical (unpaired) electrons. The lowest BCUT2D eigenvalue weighted by molar-refractivity contribution is 1.03. The van der Waals surface area contributed by atoms with Crippen molar-refractivity contribution in [3.05, 3.63) is 162 Å². The van der Waals surface area contributed by atoms with Crippen molar-refractivity contribution in [1.82, 2.24) is 14.1 Å². The molecule has 0 fully saturated rings. The Morgan fingerprint density at radius 2 is 1.11 bits per heavy atom. The molecular formula is C44H37N3. The first-order chi connectivity index (χ1) is 22.9. The van der Waals surface area contributed by atoms with Gasteiger partial charge in [0.2, 0.25) is 0 Å². The van der Waals surface area contributed by atoms with Gasteiger partial charge in [-0.05, 0) is 116 Å². The Labute approximate surface area is 276 Å². The number of aromatic nitrogens is 3. The van der Waals surface area contributed by atoms with E-state index in [-0.39, 0.29) is 0 Å². The number of nitrogens with zero attached hydrogens (tertiary/aromatic N) is 3. The van der Waals surface area contributed by atoms with Crippen LogP contribution in [0.2, 0.25) is 0 Å². The number of hydrogen-bond acceptors (Lipinski definition) is 1. The predicted octanol–water partition coefficient (Wildman–Crippen LogP) is 11.5. The second-order valence-electron chi connectivity index (χ2n) is 12.9. The van der Waals surface area contributed by atoms with Gasteiger partial charge in [-0.3, -0.25) is 4.57 Å². The molecule has 0 aliphatic heterocycles. The third kappa shape index (κ3) is 4.96. The van der Waals surface area contributed by atoms with E-state index in [0.29, 0.717) is 0 Å². The zero-order chi connectivity index (χ0) is 32.2. The first-order valence-electron chi connectivity index (χ1n) is 16.3. The molecule has 3 nitrogen and oxygen atoms in total. The molecule has 3 heteroatoms. The van der Waals surface area contributed by atoms with Crippen molar-refractivity contribution < 1.29 is 0 Å². The third-order valence-electron chi connectivity index (χ3n) is 9.40. The van der Waals surface area contributed by atoms with Crippen molar-refractivity contribution >= 4 is 21.8 Å². The molecule has 0 amide bonds. The maximum absolute atomic E-state index is 4.88. The number of hydrogen-bond donors (Lipinski definition) is 0. The number of fused-ring (bicyclic) bond motifs is 3. The molecule has 0 unspecified atom stereocenters. The van der Waals surface area contributed by atoms with Gasteiger partial charge in [-0.1, -0.05) is 90.0 Å². The van der Waals surface area contributed by atoms with E-state index in [9.17, 15) is 0 Å². The minimum absolute atomic E-state index is 0.943. The summed E-state index contributed by atoms with van der Waals surface area (Å²) in [6.45, 7) is 11.0. The number of para-hydroxylation sites is 1. The largest absolute Gasteiger partial charge is 0.309 e. The molecule has 0 atom stereocenters. The predicted molar refractivity (Wildman–Crippen MR) is 198 cm³/mol. The summed E-state index contributed by atoms with van der Waals surface area (Å²) in [6.07, 6.45) is 4.00. The Kier molecular flexibility index (Phi) is 6.91. The molecular weight excluding hydrogens is 571 g/mol. The highest BCUT2D eigenvalue weighted by Gasteiger charge is 2.18. The number of rotatable bonds is 5. The lowest BCUT2D eigenvalue weighted by atomic mass is 9.96. The topological polar surface area (TPSA) is 22.8 Å². The lowest BCUT2D eigenvalue weighted by Crippen LogP contribution is -2.03. The first-order valence-corrected chi connectivity index (χ1v) is 16.3. The molecule has 0 spiro atoms. The van der Waals surface area contributed by atoms with E-state index >= 15 is 0 Å². The third-order valence-corrected chi connectivity index (χ3v) is 9.40. The fourth-order valence-electron chi connectivity index (χ4n) is 7.43. The maximum Gasteiger partial charge on any atom is 0.144 e. The Hall–Kier alpha value is -5.67. The van der Waals surface area contributed by atoms with Crippen LogP contribution >= 0.6 is 0 Å². The van der Waals surface area contributed by atoms with Gasteiger partial charge in [-0.2, -0.15) is 0 Å². The summed E-state index contributed by atoms with van der Waals surface area (Å²) in [5.74, 6) is 0.943. The van der Waals surface area contributed by atoms with Crippen LogP contribution in [0.5, 0.6) is 0 Å². The summed E-state index contributed by atoms with van der Waals surface area (Å²) < 4.78 is 4.67. The quantitative estimate of drug-likeness (QED) is 0.191. The van der Waals surface area contributed by atoms with Crippen LogP contribution < -0.4 is 0 Å². The van der Waals surface area contributed by atoms with Crippen LogP contribution in [-0.4, -0.2) is 14.1 Å². The second-order valence-corrected chi connectivity index (χ2v) is 12.9. The van der Waals surface area contributed by atoms with Gasteiger partial charge >= 0.3 is 0 Å². The van der Waals surface area contributed by atoms with Gasteiger partial charge in [0.05, 0.1) is 16.7 Å². The molecule has 0 saturated heterocycles. The van der Waals surface area contributed by atoms with E-state index in [0.717, 1.165) is 11.4 Å². The van der Waals surface area contributed by atoms with Gasteiger partial charge in [-0.15, -0.1) is 0 Å². The Morgan fingerprint density at radius 3 is 1.85 bits per heavy atom. The molecule has 2 aromatic heterocycles. The normalized spacial score (nSPS) is 11.5. The van der Waals surface area contributed by atoms with E-state index in [1.54, 1.807) is 0 Å². The number of imidazole rings is 1. The minimum Gasteiger partial charge on any atom is -0.309 e. The van der Waals surface area contributed by atoms with E-state index in [4.69, 9.17) is 4.98 Å².